The summed E-state index contributed by atoms with van der Waals surface area (Å²) in [4.78, 5) is 16.3. The van der Waals surface area contributed by atoms with Gasteiger partial charge in [-0.25, -0.2) is 9.68 Å². The van der Waals surface area contributed by atoms with Crippen molar-refractivity contribution in [1.82, 2.24) is 0 Å². The maximum atomic E-state index is 11.8. The van der Waals surface area contributed by atoms with E-state index in [9.17, 15) is 76.4 Å². The van der Waals surface area contributed by atoms with Gasteiger partial charge in [-0.3, -0.25) is 5.26 Å². The van der Waals surface area contributed by atoms with E-state index in [1.807, 2.05) is 0 Å². The van der Waals surface area contributed by atoms with Crippen LogP contribution in [0.25, 0.3) is 0 Å². The Morgan fingerprint density at radius 1 is 0.491 bits per heavy atom. The summed E-state index contributed by atoms with van der Waals surface area (Å²) in [7, 11) is 1.05. The number of methoxy groups -OCH3 is 1. The summed E-state index contributed by atoms with van der Waals surface area (Å²) >= 11 is 0. The van der Waals surface area contributed by atoms with E-state index in [4.69, 9.17) is 47.4 Å². The highest BCUT2D eigenvalue weighted by molar-refractivity contribution is 5.73. The molecule has 5 fully saturated rings. The minimum Gasteiger partial charge on any atom is -0.479 e. The van der Waals surface area contributed by atoms with Crippen LogP contribution in [0, 0.1) is 0 Å². The number of carboxylic acid groups (broad SMARTS) is 1. The minimum atomic E-state index is -2.03. The van der Waals surface area contributed by atoms with Gasteiger partial charge in [0.1, 0.15) is 97.7 Å². The second-order valence-corrected chi connectivity index (χ2v) is 14.2. The number of aliphatic hydroxyl groups is 12. The molecule has 0 bridgehead atoms. The van der Waals surface area contributed by atoms with Gasteiger partial charge in [-0.2, -0.15) is 0 Å². The van der Waals surface area contributed by atoms with E-state index in [0.717, 1.165) is 7.11 Å². The molecule has 0 unspecified atom stereocenters. The van der Waals surface area contributed by atoms with Crippen molar-refractivity contribution in [3.63, 3.8) is 0 Å². The molecule has 26 nitrogen and oxygen atoms in total. The van der Waals surface area contributed by atoms with Crippen molar-refractivity contribution in [3.05, 3.63) is 0 Å². The number of ether oxygens (including phenoxy) is 10. The first-order chi connectivity index (χ1) is 26.9. The average Bonchev–Trinajstić information content (AvgIpc) is 3.18. The van der Waals surface area contributed by atoms with Crippen molar-refractivity contribution in [2.45, 2.75) is 167 Å². The maximum Gasteiger partial charge on any atom is 0.335 e. The molecule has 14 N–H and O–H groups in total. The zero-order chi connectivity index (χ0) is 42.2. The first-order valence-corrected chi connectivity index (χ1v) is 17.9. The molecular formula is C31H52O26. The number of hydrogen-bond donors (Lipinski definition) is 14. The van der Waals surface area contributed by atoms with Gasteiger partial charge in [0.2, 0.25) is 0 Å². The molecule has 5 heterocycles. The molecule has 0 aromatic heterocycles. The number of carboxylic acids is 1. The molecule has 5 aliphatic rings. The summed E-state index contributed by atoms with van der Waals surface area (Å²) in [5, 5.41) is 146. The molecule has 332 valence electrons. The Labute approximate surface area is 322 Å². The van der Waals surface area contributed by atoms with E-state index in [1.54, 1.807) is 0 Å². The third-order valence-electron chi connectivity index (χ3n) is 10.5. The SMILES string of the molecule is CO[C@H]1[C@H](O)[C@@H](O)[C@H](O[C@H]2[C@@H](O)[C@@H](CO)O[C@H](O[C@H]3[C@H](O)[C@H](O[C@H]4[C@@H](O)[C@H](O)[C@H](O[C@@H]5[C@@H](O)[C@H](O)O[C@H](CO)[C@H]5O)O[C@H]4C)O[C@@H](C)[C@H]3O)[C@@H]2OO)O[C@@H]1C(=O)O. The highest BCUT2D eigenvalue weighted by atomic mass is 17.1. The lowest BCUT2D eigenvalue weighted by atomic mass is 9.95. The second-order valence-electron chi connectivity index (χ2n) is 14.2. The van der Waals surface area contributed by atoms with Crippen LogP contribution in [-0.2, 0) is 57.1 Å². The lowest BCUT2D eigenvalue weighted by Crippen LogP contribution is -2.68. The molecule has 0 saturated carbocycles. The predicted molar refractivity (Wildman–Crippen MR) is 171 cm³/mol. The minimum absolute atomic E-state index is 0.774. The monoisotopic (exact) mass is 840 g/mol. The summed E-state index contributed by atoms with van der Waals surface area (Å²) in [6.07, 6.45) is -44.2. The highest BCUT2D eigenvalue weighted by Gasteiger charge is 2.57. The molecule has 5 saturated heterocycles. The number of aliphatic carboxylic acids is 1. The molecule has 57 heavy (non-hydrogen) atoms. The van der Waals surface area contributed by atoms with Crippen molar-refractivity contribution in [3.8, 4) is 0 Å². The summed E-state index contributed by atoms with van der Waals surface area (Å²) < 4.78 is 54.7. The maximum absolute atomic E-state index is 11.8. The first kappa shape index (κ1) is 46.6. The second kappa shape index (κ2) is 19.5. The molecule has 5 rings (SSSR count). The van der Waals surface area contributed by atoms with E-state index in [-0.39, 0.29) is 0 Å². The summed E-state index contributed by atoms with van der Waals surface area (Å²) in [6.45, 7) is 0.952. The van der Waals surface area contributed by atoms with Crippen LogP contribution in [0.5, 0.6) is 0 Å². The van der Waals surface area contributed by atoms with Crippen LogP contribution in [0.1, 0.15) is 13.8 Å². The normalized spacial score (nSPS) is 52.4. The third kappa shape index (κ3) is 9.39. The molecule has 25 atom stereocenters. The Balaban J connectivity index is 1.29. The summed E-state index contributed by atoms with van der Waals surface area (Å²) in [6, 6.07) is 0. The van der Waals surface area contributed by atoms with Crippen molar-refractivity contribution >= 4 is 5.97 Å². The van der Waals surface area contributed by atoms with E-state index in [2.05, 4.69) is 4.89 Å². The van der Waals surface area contributed by atoms with Gasteiger partial charge in [0.15, 0.2) is 43.7 Å². The predicted octanol–water partition coefficient (Wildman–Crippen LogP) is -8.63. The zero-order valence-electron chi connectivity index (χ0n) is 30.5. The molecule has 0 aromatic carbocycles. The van der Waals surface area contributed by atoms with Gasteiger partial charge in [-0.05, 0) is 13.8 Å². The van der Waals surface area contributed by atoms with E-state index in [0.29, 0.717) is 0 Å². The molecule has 0 aliphatic carbocycles. The topological polar surface area (TPSA) is 402 Å². The van der Waals surface area contributed by atoms with Crippen molar-refractivity contribution in [1.29, 1.82) is 0 Å². The van der Waals surface area contributed by atoms with E-state index >= 15 is 0 Å². The standard InChI is InChI=1S/C31H52O26/c1-6-10(34)20(54-31-25(57-46)23(12(36)9(5-33)51-31)55-29-16(40)14(38)22(47-3)24(56-29)26(43)44)18(42)30(48-6)52-19-7(2)49-28(15(39)13(19)37)53-21-11(35)8(4-32)50-27(45)17(21)41/h6-25,27-42,45-46H,4-5H2,1-3H3,(H,43,44)/t6-,7-,8+,9+,10+,11+,12-,13-,14+,15-,16+,17+,18-,19+,20+,21-,22-,23-,24-,25+,27+,28-,29+,30-,31+/m0/s1. The van der Waals surface area contributed by atoms with Gasteiger partial charge in [-0.1, -0.05) is 0 Å². The highest BCUT2D eigenvalue weighted by Crippen LogP contribution is 2.36. The Hall–Kier alpha value is -1.49. The van der Waals surface area contributed by atoms with E-state index < -0.39 is 173 Å². The summed E-state index contributed by atoms with van der Waals surface area (Å²) in [5.41, 5.74) is 0. The van der Waals surface area contributed by atoms with Crippen LogP contribution in [0.15, 0.2) is 0 Å². The van der Waals surface area contributed by atoms with Crippen LogP contribution < -0.4 is 0 Å². The number of hydrogen-bond acceptors (Lipinski definition) is 25. The Morgan fingerprint density at radius 3 is 1.54 bits per heavy atom. The van der Waals surface area contributed by atoms with Gasteiger partial charge in [0.25, 0.3) is 0 Å². The van der Waals surface area contributed by atoms with E-state index in [1.165, 1.54) is 13.8 Å². The van der Waals surface area contributed by atoms with Crippen LogP contribution in [0.3, 0.4) is 0 Å². The Bertz CT molecular complexity index is 1280. The van der Waals surface area contributed by atoms with Crippen LogP contribution in [0.4, 0.5) is 0 Å². The van der Waals surface area contributed by atoms with Crippen molar-refractivity contribution in [2.24, 2.45) is 0 Å². The smallest absolute Gasteiger partial charge is 0.335 e. The molecule has 0 spiro atoms. The largest absolute Gasteiger partial charge is 0.479 e. The van der Waals surface area contributed by atoms with Crippen molar-refractivity contribution in [2.75, 3.05) is 20.3 Å². The Kier molecular flexibility index (Phi) is 15.9. The number of rotatable bonds is 13. The molecule has 0 aromatic rings. The van der Waals surface area contributed by atoms with Crippen LogP contribution in [0.2, 0.25) is 0 Å². The molecule has 0 amide bonds. The van der Waals surface area contributed by atoms with Crippen molar-refractivity contribution < 1.29 is 129 Å². The quantitative estimate of drug-likeness (QED) is 0.0605. The van der Waals surface area contributed by atoms with Crippen LogP contribution in [-0.4, -0.2) is 251 Å². The fourth-order valence-corrected chi connectivity index (χ4v) is 7.25. The average molecular weight is 841 g/mol. The summed E-state index contributed by atoms with van der Waals surface area (Å²) in [5.74, 6) is -1.62. The fourth-order valence-electron chi connectivity index (χ4n) is 7.25. The van der Waals surface area contributed by atoms with Gasteiger partial charge in [0, 0.05) is 7.11 Å². The molecular weight excluding hydrogens is 788 g/mol. The van der Waals surface area contributed by atoms with Gasteiger partial charge >= 0.3 is 5.97 Å². The Morgan fingerprint density at radius 2 is 0.965 bits per heavy atom. The van der Waals surface area contributed by atoms with Gasteiger partial charge in [0.05, 0.1) is 25.4 Å². The fraction of sp³-hybridized carbons (Fsp3) is 0.968. The lowest BCUT2D eigenvalue weighted by molar-refractivity contribution is -0.425. The lowest BCUT2D eigenvalue weighted by Gasteiger charge is -2.49. The van der Waals surface area contributed by atoms with Gasteiger partial charge in [-0.15, -0.1) is 0 Å². The molecule has 26 heteroatoms. The number of aliphatic hydroxyl groups excluding tert-OH is 12. The van der Waals surface area contributed by atoms with Crippen LogP contribution >= 0.6 is 0 Å². The first-order valence-electron chi connectivity index (χ1n) is 17.9. The molecule has 0 radical (unpaired) electrons. The third-order valence-corrected chi connectivity index (χ3v) is 10.5. The van der Waals surface area contributed by atoms with Gasteiger partial charge < -0.3 is 114 Å². The molecule has 5 aliphatic heterocycles. The number of carbonyl (C=O) groups is 1. The zero-order valence-corrected chi connectivity index (χ0v) is 30.5.